The SMILES string of the molecule is COc1cc(OC)cc(C(=O)NCC2(O)CCOCC2)c1. The molecule has 1 aliphatic heterocycles. The lowest BCUT2D eigenvalue weighted by Crippen LogP contribution is -2.46. The van der Waals surface area contributed by atoms with Gasteiger partial charge in [-0.2, -0.15) is 0 Å². The van der Waals surface area contributed by atoms with Gasteiger partial charge >= 0.3 is 0 Å². The zero-order valence-corrected chi connectivity index (χ0v) is 12.3. The molecule has 21 heavy (non-hydrogen) atoms. The fraction of sp³-hybridized carbons (Fsp3) is 0.533. The molecule has 0 bridgehead atoms. The molecule has 0 saturated carbocycles. The molecular formula is C15H21NO5. The van der Waals surface area contributed by atoms with Crippen LogP contribution in [0.2, 0.25) is 0 Å². The number of rotatable bonds is 5. The van der Waals surface area contributed by atoms with Crippen LogP contribution in [0, 0.1) is 0 Å². The van der Waals surface area contributed by atoms with Crippen LogP contribution in [0.25, 0.3) is 0 Å². The number of carbonyl (C=O) groups excluding carboxylic acids is 1. The highest BCUT2D eigenvalue weighted by atomic mass is 16.5. The van der Waals surface area contributed by atoms with Gasteiger partial charge in [-0.1, -0.05) is 0 Å². The van der Waals surface area contributed by atoms with Gasteiger partial charge in [0.2, 0.25) is 0 Å². The molecule has 2 N–H and O–H groups in total. The Kier molecular flexibility index (Phi) is 5.03. The number of methoxy groups -OCH3 is 2. The fourth-order valence-electron chi connectivity index (χ4n) is 2.21. The number of nitrogens with one attached hydrogen (secondary N) is 1. The van der Waals surface area contributed by atoms with E-state index in [-0.39, 0.29) is 12.5 Å². The van der Waals surface area contributed by atoms with Crippen LogP contribution < -0.4 is 14.8 Å². The number of hydrogen-bond acceptors (Lipinski definition) is 5. The molecule has 2 rings (SSSR count). The summed E-state index contributed by atoms with van der Waals surface area (Å²) in [6.45, 7) is 1.23. The van der Waals surface area contributed by atoms with Crippen molar-refractivity contribution in [3.8, 4) is 11.5 Å². The molecule has 0 atom stereocenters. The zero-order valence-electron chi connectivity index (χ0n) is 12.3. The minimum atomic E-state index is -0.892. The summed E-state index contributed by atoms with van der Waals surface area (Å²) >= 11 is 0. The van der Waals surface area contributed by atoms with E-state index in [1.54, 1.807) is 18.2 Å². The molecule has 0 unspecified atom stereocenters. The highest BCUT2D eigenvalue weighted by molar-refractivity contribution is 5.95. The predicted octanol–water partition coefficient (Wildman–Crippen LogP) is 0.975. The summed E-state index contributed by atoms with van der Waals surface area (Å²) in [6, 6.07) is 4.96. The van der Waals surface area contributed by atoms with Gasteiger partial charge in [0.1, 0.15) is 11.5 Å². The highest BCUT2D eigenvalue weighted by Crippen LogP contribution is 2.23. The van der Waals surface area contributed by atoms with Gasteiger partial charge < -0.3 is 24.6 Å². The van der Waals surface area contributed by atoms with E-state index >= 15 is 0 Å². The minimum Gasteiger partial charge on any atom is -0.497 e. The van der Waals surface area contributed by atoms with E-state index in [1.807, 2.05) is 0 Å². The number of benzene rings is 1. The first-order chi connectivity index (χ1) is 10.1. The summed E-state index contributed by atoms with van der Waals surface area (Å²) in [4.78, 5) is 12.2. The largest absolute Gasteiger partial charge is 0.497 e. The summed E-state index contributed by atoms with van der Waals surface area (Å²) in [5, 5.41) is 13.1. The second kappa shape index (κ2) is 6.78. The maximum absolute atomic E-state index is 12.2. The molecule has 1 heterocycles. The van der Waals surface area contributed by atoms with Crippen molar-refractivity contribution in [2.75, 3.05) is 34.0 Å². The van der Waals surface area contributed by atoms with Gasteiger partial charge in [0, 0.05) is 44.2 Å². The fourth-order valence-corrected chi connectivity index (χ4v) is 2.21. The van der Waals surface area contributed by atoms with E-state index in [4.69, 9.17) is 14.2 Å². The number of amides is 1. The molecule has 0 radical (unpaired) electrons. The maximum atomic E-state index is 12.2. The lowest BCUT2D eigenvalue weighted by molar-refractivity contribution is -0.0605. The Morgan fingerprint density at radius 2 is 1.81 bits per heavy atom. The van der Waals surface area contributed by atoms with Crippen LogP contribution in [0.4, 0.5) is 0 Å². The highest BCUT2D eigenvalue weighted by Gasteiger charge is 2.30. The van der Waals surface area contributed by atoms with E-state index in [2.05, 4.69) is 5.32 Å². The summed E-state index contributed by atoms with van der Waals surface area (Å²) in [6.07, 6.45) is 1.05. The Bertz CT molecular complexity index is 475. The Morgan fingerprint density at radius 3 is 2.33 bits per heavy atom. The van der Waals surface area contributed by atoms with Gasteiger partial charge in [-0.25, -0.2) is 0 Å². The number of carbonyl (C=O) groups is 1. The van der Waals surface area contributed by atoms with Gasteiger partial charge in [-0.05, 0) is 12.1 Å². The average Bonchev–Trinajstić information content (AvgIpc) is 2.52. The molecule has 6 nitrogen and oxygen atoms in total. The van der Waals surface area contributed by atoms with E-state index in [0.717, 1.165) is 0 Å². The van der Waals surface area contributed by atoms with Crippen LogP contribution in [0.5, 0.6) is 11.5 Å². The molecule has 6 heteroatoms. The van der Waals surface area contributed by atoms with Crippen molar-refractivity contribution in [2.24, 2.45) is 0 Å². The Morgan fingerprint density at radius 1 is 1.24 bits per heavy atom. The van der Waals surface area contributed by atoms with Crippen LogP contribution in [0.3, 0.4) is 0 Å². The number of hydrogen-bond donors (Lipinski definition) is 2. The van der Waals surface area contributed by atoms with Gasteiger partial charge in [-0.15, -0.1) is 0 Å². The zero-order chi connectivity index (χ0) is 15.3. The molecule has 0 spiro atoms. The first kappa shape index (κ1) is 15.6. The quantitative estimate of drug-likeness (QED) is 0.846. The monoisotopic (exact) mass is 295 g/mol. The van der Waals surface area contributed by atoms with Gasteiger partial charge in [0.25, 0.3) is 5.91 Å². The normalized spacial score (nSPS) is 17.1. The van der Waals surface area contributed by atoms with E-state index in [1.165, 1.54) is 14.2 Å². The molecule has 1 aromatic rings. The predicted molar refractivity (Wildman–Crippen MR) is 76.9 cm³/mol. The van der Waals surface area contributed by atoms with E-state index < -0.39 is 5.60 Å². The summed E-state index contributed by atoms with van der Waals surface area (Å²) in [5.41, 5.74) is -0.460. The van der Waals surface area contributed by atoms with E-state index in [0.29, 0.717) is 43.1 Å². The molecular weight excluding hydrogens is 274 g/mol. The second-order valence-corrected chi connectivity index (χ2v) is 5.12. The minimum absolute atomic E-state index is 0.203. The third kappa shape index (κ3) is 4.09. The molecule has 0 aliphatic carbocycles. The molecule has 1 fully saturated rings. The van der Waals surface area contributed by atoms with Crippen molar-refractivity contribution >= 4 is 5.91 Å². The summed E-state index contributed by atoms with van der Waals surface area (Å²) in [7, 11) is 3.06. The van der Waals surface area contributed by atoms with Crippen molar-refractivity contribution in [2.45, 2.75) is 18.4 Å². The topological polar surface area (TPSA) is 77.0 Å². The van der Waals surface area contributed by atoms with Gasteiger partial charge in [0.05, 0.1) is 19.8 Å². The third-order valence-corrected chi connectivity index (χ3v) is 3.62. The molecule has 1 aromatic carbocycles. The van der Waals surface area contributed by atoms with Gasteiger partial charge in [0.15, 0.2) is 0 Å². The second-order valence-electron chi connectivity index (χ2n) is 5.12. The Balaban J connectivity index is 2.02. The van der Waals surface area contributed by atoms with Crippen LogP contribution in [-0.2, 0) is 4.74 Å². The first-order valence-electron chi connectivity index (χ1n) is 6.88. The van der Waals surface area contributed by atoms with Crippen molar-refractivity contribution in [1.82, 2.24) is 5.32 Å². The molecule has 0 aromatic heterocycles. The number of ether oxygens (including phenoxy) is 3. The molecule has 116 valence electrons. The Hall–Kier alpha value is -1.79. The maximum Gasteiger partial charge on any atom is 0.251 e. The first-order valence-corrected chi connectivity index (χ1v) is 6.88. The average molecular weight is 295 g/mol. The standard InChI is InChI=1S/C15H21NO5/c1-19-12-7-11(8-13(9-12)20-2)14(17)16-10-15(18)3-5-21-6-4-15/h7-9,18H,3-6,10H2,1-2H3,(H,16,17). The lowest BCUT2D eigenvalue weighted by Gasteiger charge is -2.32. The van der Waals surface area contributed by atoms with Crippen LogP contribution in [0.15, 0.2) is 18.2 Å². The van der Waals surface area contributed by atoms with Crippen LogP contribution >= 0.6 is 0 Å². The van der Waals surface area contributed by atoms with Crippen LogP contribution in [0.1, 0.15) is 23.2 Å². The lowest BCUT2D eigenvalue weighted by atomic mass is 9.94. The van der Waals surface area contributed by atoms with Crippen molar-refractivity contribution < 1.29 is 24.1 Å². The summed E-state index contributed by atoms with van der Waals surface area (Å²) < 4.78 is 15.5. The smallest absolute Gasteiger partial charge is 0.251 e. The molecule has 1 saturated heterocycles. The van der Waals surface area contributed by atoms with E-state index in [9.17, 15) is 9.90 Å². The van der Waals surface area contributed by atoms with Crippen molar-refractivity contribution in [1.29, 1.82) is 0 Å². The van der Waals surface area contributed by atoms with Crippen LogP contribution in [-0.4, -0.2) is 50.6 Å². The third-order valence-electron chi connectivity index (χ3n) is 3.62. The molecule has 1 aliphatic rings. The van der Waals surface area contributed by atoms with Crippen molar-refractivity contribution in [3.63, 3.8) is 0 Å². The number of aliphatic hydroxyl groups is 1. The van der Waals surface area contributed by atoms with Gasteiger partial charge in [-0.3, -0.25) is 4.79 Å². The molecule has 1 amide bonds. The summed E-state index contributed by atoms with van der Waals surface area (Å²) in [5.74, 6) is 0.820. The van der Waals surface area contributed by atoms with Crippen molar-refractivity contribution in [3.05, 3.63) is 23.8 Å². The Labute approximate surface area is 124 Å².